The molecule has 1 rings (SSSR count). The highest BCUT2D eigenvalue weighted by Gasteiger charge is 2.33. The second-order valence-corrected chi connectivity index (χ2v) is 4.81. The predicted molar refractivity (Wildman–Crippen MR) is 62.4 cm³/mol. The van der Waals surface area contributed by atoms with E-state index >= 15 is 0 Å². The van der Waals surface area contributed by atoms with Gasteiger partial charge in [-0.15, -0.1) is 0 Å². The Morgan fingerprint density at radius 3 is 2.50 bits per heavy atom. The highest BCUT2D eigenvalue weighted by molar-refractivity contribution is 6.31. The van der Waals surface area contributed by atoms with Crippen molar-refractivity contribution < 1.29 is 18.3 Å². The molecule has 1 atom stereocenters. The van der Waals surface area contributed by atoms with Crippen molar-refractivity contribution in [3.8, 4) is 0 Å². The number of aromatic nitrogens is 2. The Hall–Kier alpha value is -0.750. The zero-order valence-corrected chi connectivity index (χ0v) is 11.0. The lowest BCUT2D eigenvalue weighted by Gasteiger charge is -2.25. The molecule has 0 radical (unpaired) electrons. The molecule has 0 saturated heterocycles. The third kappa shape index (κ3) is 3.88. The molecule has 0 bridgehead atoms. The summed E-state index contributed by atoms with van der Waals surface area (Å²) in [6, 6.07) is 0. The number of halogens is 4. The molecule has 0 amide bonds. The van der Waals surface area contributed by atoms with E-state index in [1.54, 1.807) is 0 Å². The molecule has 1 unspecified atom stereocenters. The van der Waals surface area contributed by atoms with Gasteiger partial charge in [0.1, 0.15) is 5.60 Å². The highest BCUT2D eigenvalue weighted by atomic mass is 35.5. The average Bonchev–Trinajstić information content (AvgIpc) is 2.57. The second-order valence-electron chi connectivity index (χ2n) is 4.40. The maximum Gasteiger partial charge on any atom is 0.389 e. The predicted octanol–water partition coefficient (Wildman–Crippen LogP) is 3.50. The molecular weight excluding hydrogens is 269 g/mol. The molecule has 1 aromatic rings. The third-order valence-corrected chi connectivity index (χ3v) is 3.00. The van der Waals surface area contributed by atoms with Crippen molar-refractivity contribution in [2.75, 3.05) is 0 Å². The summed E-state index contributed by atoms with van der Waals surface area (Å²) in [5, 5.41) is 14.5. The fraction of sp³-hybridized carbons (Fsp3) is 0.727. The minimum Gasteiger partial charge on any atom is -0.384 e. The van der Waals surface area contributed by atoms with Crippen molar-refractivity contribution in [2.24, 2.45) is 0 Å². The number of nitrogens with zero attached hydrogens (tertiary/aromatic N) is 2. The lowest BCUT2D eigenvalue weighted by atomic mass is 9.95. The fourth-order valence-electron chi connectivity index (χ4n) is 1.89. The minimum atomic E-state index is -4.20. The van der Waals surface area contributed by atoms with Crippen molar-refractivity contribution in [3.63, 3.8) is 0 Å². The first-order valence-electron chi connectivity index (χ1n) is 5.68. The van der Waals surface area contributed by atoms with Gasteiger partial charge in [0.05, 0.1) is 16.9 Å². The van der Waals surface area contributed by atoms with Crippen LogP contribution in [0.1, 0.15) is 38.8 Å². The lowest BCUT2D eigenvalue weighted by Crippen LogP contribution is -2.26. The van der Waals surface area contributed by atoms with Crippen molar-refractivity contribution in [1.29, 1.82) is 0 Å². The standard InChI is InChI=1S/C11H16ClF3N2O/c1-3-17-9(8(12)7-16-17)10(2,18)5-4-6-11(13,14)15/h7,18H,3-6H2,1-2H3. The van der Waals surface area contributed by atoms with Crippen molar-refractivity contribution in [1.82, 2.24) is 9.78 Å². The van der Waals surface area contributed by atoms with E-state index in [-0.39, 0.29) is 17.9 Å². The van der Waals surface area contributed by atoms with Crippen LogP contribution in [-0.4, -0.2) is 21.1 Å². The van der Waals surface area contributed by atoms with Crippen LogP contribution in [0.5, 0.6) is 0 Å². The summed E-state index contributed by atoms with van der Waals surface area (Å²) in [5.74, 6) is 0. The van der Waals surface area contributed by atoms with Crippen LogP contribution in [0.2, 0.25) is 5.02 Å². The van der Waals surface area contributed by atoms with Crippen LogP contribution in [0.4, 0.5) is 13.2 Å². The third-order valence-electron chi connectivity index (χ3n) is 2.73. The van der Waals surface area contributed by atoms with E-state index in [1.165, 1.54) is 17.8 Å². The quantitative estimate of drug-likeness (QED) is 0.899. The van der Waals surface area contributed by atoms with Crippen LogP contribution in [0.15, 0.2) is 6.20 Å². The maximum atomic E-state index is 12.1. The van der Waals surface area contributed by atoms with E-state index in [0.29, 0.717) is 12.2 Å². The molecule has 0 spiro atoms. The van der Waals surface area contributed by atoms with Crippen LogP contribution in [0.3, 0.4) is 0 Å². The molecule has 0 fully saturated rings. The Balaban J connectivity index is 2.76. The van der Waals surface area contributed by atoms with Gasteiger partial charge in [-0.05, 0) is 26.7 Å². The van der Waals surface area contributed by atoms with Crippen LogP contribution < -0.4 is 0 Å². The largest absolute Gasteiger partial charge is 0.389 e. The Morgan fingerprint density at radius 1 is 1.39 bits per heavy atom. The van der Waals surface area contributed by atoms with Crippen molar-refractivity contribution in [2.45, 2.75) is 51.4 Å². The molecule has 1 N–H and O–H groups in total. The van der Waals surface area contributed by atoms with E-state index in [9.17, 15) is 18.3 Å². The number of hydrogen-bond acceptors (Lipinski definition) is 2. The molecule has 0 aliphatic rings. The Morgan fingerprint density at radius 2 is 2.00 bits per heavy atom. The van der Waals surface area contributed by atoms with Crippen molar-refractivity contribution >= 4 is 11.6 Å². The zero-order chi connectivity index (χ0) is 14.0. The molecular formula is C11H16ClF3N2O. The molecule has 104 valence electrons. The SMILES string of the molecule is CCn1ncc(Cl)c1C(C)(O)CCCC(F)(F)F. The van der Waals surface area contributed by atoms with Gasteiger partial charge in [-0.3, -0.25) is 4.68 Å². The van der Waals surface area contributed by atoms with Crippen LogP contribution in [0.25, 0.3) is 0 Å². The molecule has 0 aliphatic heterocycles. The summed E-state index contributed by atoms with van der Waals surface area (Å²) < 4.78 is 37.7. The molecule has 1 heterocycles. The normalized spacial score (nSPS) is 15.7. The highest BCUT2D eigenvalue weighted by Crippen LogP contribution is 2.33. The number of aryl methyl sites for hydroxylation is 1. The number of alkyl halides is 3. The minimum absolute atomic E-state index is 0.0159. The van der Waals surface area contributed by atoms with E-state index in [1.807, 2.05) is 6.92 Å². The second kappa shape index (κ2) is 5.48. The average molecular weight is 285 g/mol. The molecule has 1 aromatic heterocycles. The van der Waals surface area contributed by atoms with E-state index in [2.05, 4.69) is 5.10 Å². The van der Waals surface area contributed by atoms with Gasteiger partial charge in [-0.25, -0.2) is 0 Å². The molecule has 0 aliphatic carbocycles. The van der Waals surface area contributed by atoms with E-state index < -0.39 is 18.2 Å². The molecule has 18 heavy (non-hydrogen) atoms. The van der Waals surface area contributed by atoms with Crippen molar-refractivity contribution in [3.05, 3.63) is 16.9 Å². The molecule has 3 nitrogen and oxygen atoms in total. The number of rotatable bonds is 5. The van der Waals surface area contributed by atoms with Crippen LogP contribution >= 0.6 is 11.6 Å². The molecule has 0 aromatic carbocycles. The Bertz CT molecular complexity index is 401. The lowest BCUT2D eigenvalue weighted by molar-refractivity contribution is -0.138. The first-order valence-corrected chi connectivity index (χ1v) is 6.06. The first-order chi connectivity index (χ1) is 8.17. The molecule has 0 saturated carbocycles. The van der Waals surface area contributed by atoms with Gasteiger partial charge >= 0.3 is 6.18 Å². The van der Waals surface area contributed by atoms with Gasteiger partial charge in [0.25, 0.3) is 0 Å². The summed E-state index contributed by atoms with van der Waals surface area (Å²) in [4.78, 5) is 0. The van der Waals surface area contributed by atoms with Gasteiger partial charge < -0.3 is 5.11 Å². The Kier molecular flexibility index (Phi) is 4.66. The Labute approximate surface area is 109 Å². The summed E-state index contributed by atoms with van der Waals surface area (Å²) in [5.41, 5.74) is -1.04. The van der Waals surface area contributed by atoms with Crippen LogP contribution in [0, 0.1) is 0 Å². The van der Waals surface area contributed by atoms with E-state index in [4.69, 9.17) is 11.6 Å². The van der Waals surface area contributed by atoms with Gasteiger partial charge in [-0.1, -0.05) is 11.6 Å². The fourth-order valence-corrected chi connectivity index (χ4v) is 2.23. The topological polar surface area (TPSA) is 38.0 Å². The number of hydrogen-bond donors (Lipinski definition) is 1. The van der Waals surface area contributed by atoms with Gasteiger partial charge in [0, 0.05) is 13.0 Å². The summed E-state index contributed by atoms with van der Waals surface area (Å²) in [7, 11) is 0. The van der Waals surface area contributed by atoms with E-state index in [0.717, 1.165) is 0 Å². The first kappa shape index (κ1) is 15.3. The zero-order valence-electron chi connectivity index (χ0n) is 10.3. The van der Waals surface area contributed by atoms with Gasteiger partial charge in [-0.2, -0.15) is 18.3 Å². The monoisotopic (exact) mass is 284 g/mol. The maximum absolute atomic E-state index is 12.1. The van der Waals surface area contributed by atoms with Crippen LogP contribution in [-0.2, 0) is 12.1 Å². The van der Waals surface area contributed by atoms with Gasteiger partial charge in [0.2, 0.25) is 0 Å². The van der Waals surface area contributed by atoms with Gasteiger partial charge in [0.15, 0.2) is 0 Å². The smallest absolute Gasteiger partial charge is 0.384 e. The summed E-state index contributed by atoms with van der Waals surface area (Å²) in [6.07, 6.45) is -3.90. The number of aliphatic hydroxyl groups is 1. The summed E-state index contributed by atoms with van der Waals surface area (Å²) >= 11 is 5.91. The molecule has 7 heteroatoms. The summed E-state index contributed by atoms with van der Waals surface area (Å²) in [6.45, 7) is 3.77.